The van der Waals surface area contributed by atoms with Gasteiger partial charge in [0.2, 0.25) is 0 Å². The second-order valence-corrected chi connectivity index (χ2v) is 8.05. The van der Waals surface area contributed by atoms with E-state index in [9.17, 15) is 10.1 Å². The fraction of sp³-hybridized carbons (Fsp3) is 0.100. The van der Waals surface area contributed by atoms with Crippen molar-refractivity contribution >= 4 is 52.0 Å². The molecular formula is C20H16ClN7O2S. The highest BCUT2D eigenvalue weighted by molar-refractivity contribution is 7.99. The van der Waals surface area contributed by atoms with E-state index in [0.717, 1.165) is 10.1 Å². The van der Waals surface area contributed by atoms with Crippen LogP contribution in [0.4, 0.5) is 21.9 Å². The number of benzene rings is 1. The summed E-state index contributed by atoms with van der Waals surface area (Å²) < 4.78 is 3.43. The molecule has 9 nitrogen and oxygen atoms in total. The van der Waals surface area contributed by atoms with Crippen LogP contribution in [-0.2, 0) is 7.05 Å². The molecule has 31 heavy (non-hydrogen) atoms. The largest absolute Gasteiger partial charge is 0.465 e. The lowest BCUT2D eigenvalue weighted by atomic mass is 10.1. The van der Waals surface area contributed by atoms with Gasteiger partial charge in [0.1, 0.15) is 6.07 Å². The van der Waals surface area contributed by atoms with Crippen LogP contribution in [-0.4, -0.2) is 30.4 Å². The first-order valence-corrected chi connectivity index (χ1v) is 10.2. The number of carboxylic acid groups (broad SMARTS) is 1. The molecular weight excluding hydrogens is 438 g/mol. The van der Waals surface area contributed by atoms with Gasteiger partial charge in [-0.05, 0) is 25.1 Å². The highest BCUT2D eigenvalue weighted by Gasteiger charge is 2.17. The molecule has 4 aromatic rings. The van der Waals surface area contributed by atoms with Crippen molar-refractivity contribution in [2.24, 2.45) is 7.05 Å². The average Bonchev–Trinajstić information content (AvgIpc) is 3.27. The zero-order valence-electron chi connectivity index (χ0n) is 16.4. The van der Waals surface area contributed by atoms with E-state index in [1.54, 1.807) is 25.4 Å². The molecule has 0 spiro atoms. The number of hydrogen-bond donors (Lipinski definition) is 3. The lowest BCUT2D eigenvalue weighted by Crippen LogP contribution is -2.07. The zero-order chi connectivity index (χ0) is 22.1. The number of hydrogen-bond acceptors (Lipinski definition) is 6. The predicted octanol–water partition coefficient (Wildman–Crippen LogP) is 4.89. The number of imidazole rings is 1. The lowest BCUT2D eigenvalue weighted by molar-refractivity contribution is 0.209. The van der Waals surface area contributed by atoms with E-state index in [1.165, 1.54) is 22.5 Å². The summed E-state index contributed by atoms with van der Waals surface area (Å²) in [6.45, 7) is 1.76. The van der Waals surface area contributed by atoms with Crippen LogP contribution in [0.1, 0.15) is 11.1 Å². The summed E-state index contributed by atoms with van der Waals surface area (Å²) in [4.78, 5) is 16.2. The smallest absolute Gasteiger partial charge is 0.409 e. The fourth-order valence-corrected chi connectivity index (χ4v) is 4.20. The Morgan fingerprint density at radius 3 is 2.84 bits per heavy atom. The van der Waals surface area contributed by atoms with Crippen LogP contribution < -0.4 is 10.6 Å². The Kier molecular flexibility index (Phi) is 5.46. The first kappa shape index (κ1) is 20.6. The second kappa shape index (κ2) is 8.22. The summed E-state index contributed by atoms with van der Waals surface area (Å²) in [5.41, 5.74) is 3.12. The third-order valence-corrected chi connectivity index (χ3v) is 6.18. The number of fused-ring (bicyclic) bond motifs is 1. The Morgan fingerprint density at radius 2 is 2.19 bits per heavy atom. The van der Waals surface area contributed by atoms with E-state index in [1.807, 2.05) is 29.9 Å². The first-order valence-electron chi connectivity index (χ1n) is 9.00. The Hall–Kier alpha value is -3.68. The van der Waals surface area contributed by atoms with Gasteiger partial charge in [0.25, 0.3) is 0 Å². The second-order valence-electron chi connectivity index (χ2n) is 6.63. The maximum Gasteiger partial charge on any atom is 0.409 e. The van der Waals surface area contributed by atoms with E-state index in [0.29, 0.717) is 38.7 Å². The third kappa shape index (κ3) is 4.01. The highest BCUT2D eigenvalue weighted by Crippen LogP contribution is 2.36. The van der Waals surface area contributed by atoms with E-state index in [4.69, 9.17) is 16.7 Å². The van der Waals surface area contributed by atoms with Crippen molar-refractivity contribution in [3.8, 4) is 6.07 Å². The van der Waals surface area contributed by atoms with Gasteiger partial charge in [0, 0.05) is 35.6 Å². The Labute approximate surface area is 186 Å². The quantitative estimate of drug-likeness (QED) is 0.393. The molecule has 0 fully saturated rings. The predicted molar refractivity (Wildman–Crippen MR) is 118 cm³/mol. The molecule has 0 unspecified atom stereocenters. The molecule has 0 atom stereocenters. The lowest BCUT2D eigenvalue weighted by Gasteiger charge is -2.12. The number of nitrogens with zero attached hydrogens (tertiary/aromatic N) is 5. The molecule has 3 heterocycles. The minimum Gasteiger partial charge on any atom is -0.465 e. The molecule has 0 aliphatic heterocycles. The van der Waals surface area contributed by atoms with Crippen LogP contribution in [0.3, 0.4) is 0 Å². The van der Waals surface area contributed by atoms with Gasteiger partial charge in [-0.15, -0.1) is 0 Å². The van der Waals surface area contributed by atoms with Crippen LogP contribution in [0.5, 0.6) is 0 Å². The molecule has 0 saturated carbocycles. The molecule has 4 rings (SSSR count). The van der Waals surface area contributed by atoms with Gasteiger partial charge >= 0.3 is 6.09 Å². The minimum absolute atomic E-state index is 0.318. The van der Waals surface area contributed by atoms with Crippen molar-refractivity contribution in [3.63, 3.8) is 0 Å². The Bertz CT molecular complexity index is 1360. The van der Waals surface area contributed by atoms with Crippen molar-refractivity contribution in [2.45, 2.75) is 17.0 Å². The van der Waals surface area contributed by atoms with E-state index in [-0.39, 0.29) is 0 Å². The third-order valence-electron chi connectivity index (χ3n) is 4.60. The number of anilines is 3. The van der Waals surface area contributed by atoms with E-state index >= 15 is 0 Å². The average molecular weight is 454 g/mol. The van der Waals surface area contributed by atoms with Crippen LogP contribution >= 0.6 is 23.4 Å². The van der Waals surface area contributed by atoms with Crippen molar-refractivity contribution in [3.05, 3.63) is 59.1 Å². The molecule has 0 aliphatic rings. The topological polar surface area (TPSA) is 120 Å². The van der Waals surface area contributed by atoms with Gasteiger partial charge in [-0.2, -0.15) is 10.4 Å². The number of nitriles is 1. The Balaban J connectivity index is 1.71. The van der Waals surface area contributed by atoms with Gasteiger partial charge < -0.3 is 15.0 Å². The molecule has 1 amide bonds. The maximum absolute atomic E-state index is 11.1. The molecule has 11 heteroatoms. The summed E-state index contributed by atoms with van der Waals surface area (Å²) >= 11 is 7.94. The number of aryl methyl sites for hydroxylation is 2. The number of halogens is 1. The Morgan fingerprint density at radius 1 is 1.39 bits per heavy atom. The van der Waals surface area contributed by atoms with Crippen LogP contribution in [0.15, 0.2) is 53.0 Å². The molecule has 0 saturated heterocycles. The number of carbonyl (C=O) groups is 1. The van der Waals surface area contributed by atoms with Crippen molar-refractivity contribution in [2.75, 3.05) is 10.6 Å². The van der Waals surface area contributed by atoms with Crippen molar-refractivity contribution in [1.29, 1.82) is 5.26 Å². The number of amides is 1. The molecule has 3 aromatic heterocycles. The van der Waals surface area contributed by atoms with E-state index < -0.39 is 6.09 Å². The SMILES string of the molecule is Cc1c(NC(=O)O)cn2ncc(C#N)c(Nc3ccc(Sc4nccn4C)c(Cl)c3)c12. The zero-order valence-corrected chi connectivity index (χ0v) is 18.0. The van der Waals surface area contributed by atoms with Gasteiger partial charge in [-0.25, -0.2) is 14.3 Å². The van der Waals surface area contributed by atoms with Gasteiger partial charge in [-0.1, -0.05) is 23.4 Å². The first-order chi connectivity index (χ1) is 14.9. The van der Waals surface area contributed by atoms with Crippen LogP contribution in [0.2, 0.25) is 5.02 Å². The molecule has 0 radical (unpaired) electrons. The van der Waals surface area contributed by atoms with E-state index in [2.05, 4.69) is 26.8 Å². The van der Waals surface area contributed by atoms with Crippen molar-refractivity contribution < 1.29 is 9.90 Å². The summed E-state index contributed by atoms with van der Waals surface area (Å²) in [6, 6.07) is 7.61. The van der Waals surface area contributed by atoms with Gasteiger partial charge in [0.05, 0.1) is 39.9 Å². The number of aromatic nitrogens is 4. The van der Waals surface area contributed by atoms with Crippen LogP contribution in [0, 0.1) is 18.3 Å². The molecule has 0 aliphatic carbocycles. The summed E-state index contributed by atoms with van der Waals surface area (Å²) in [7, 11) is 1.91. The van der Waals surface area contributed by atoms with Crippen molar-refractivity contribution in [1.82, 2.24) is 19.2 Å². The maximum atomic E-state index is 11.1. The standard InChI is InChI=1S/C20H16ClN7O2S/c1-11-15(26-20(29)30)10-28-18(11)17(12(8-22)9-24-28)25-13-3-4-16(14(21)7-13)31-19-23-5-6-27(19)2/h3-7,9-10,25-26H,1-2H3,(H,29,30). The fourth-order valence-electron chi connectivity index (χ4n) is 3.10. The van der Waals surface area contributed by atoms with Crippen LogP contribution in [0.25, 0.3) is 5.52 Å². The normalized spacial score (nSPS) is 10.8. The summed E-state index contributed by atoms with van der Waals surface area (Å²) in [6.07, 6.45) is 5.38. The number of rotatable bonds is 5. The highest BCUT2D eigenvalue weighted by atomic mass is 35.5. The summed E-state index contributed by atoms with van der Waals surface area (Å²) in [5, 5.41) is 29.8. The number of nitrogens with one attached hydrogen (secondary N) is 2. The minimum atomic E-state index is -1.18. The van der Waals surface area contributed by atoms with Gasteiger partial charge in [0.15, 0.2) is 5.16 Å². The monoisotopic (exact) mass is 453 g/mol. The molecule has 0 bridgehead atoms. The summed E-state index contributed by atoms with van der Waals surface area (Å²) in [5.74, 6) is 0. The molecule has 156 valence electrons. The molecule has 1 aromatic carbocycles. The van der Waals surface area contributed by atoms with Gasteiger partial charge in [-0.3, -0.25) is 5.32 Å². The molecule has 3 N–H and O–H groups in total.